The summed E-state index contributed by atoms with van der Waals surface area (Å²) in [5, 5.41) is 0. The first kappa shape index (κ1) is 14.7. The van der Waals surface area contributed by atoms with Gasteiger partial charge in [-0.3, -0.25) is 0 Å². The highest BCUT2D eigenvalue weighted by atomic mass is 16.7. The number of hydrogen-bond acceptors (Lipinski definition) is 3. The summed E-state index contributed by atoms with van der Waals surface area (Å²) in [6, 6.07) is 0. The molecule has 0 bridgehead atoms. The van der Waals surface area contributed by atoms with E-state index in [-0.39, 0.29) is 11.3 Å². The third-order valence-corrected chi connectivity index (χ3v) is 5.10. The molecule has 1 saturated carbocycles. The molecule has 3 nitrogen and oxygen atoms in total. The van der Waals surface area contributed by atoms with Crippen LogP contribution in [-0.4, -0.2) is 26.8 Å². The molecule has 2 aliphatic carbocycles. The molecule has 0 spiro atoms. The van der Waals surface area contributed by atoms with E-state index in [4.69, 9.17) is 9.47 Å². The lowest BCUT2D eigenvalue weighted by Crippen LogP contribution is -2.46. The maximum Gasteiger partial charge on any atom is 0.146 e. The van der Waals surface area contributed by atoms with Gasteiger partial charge in [0.15, 0.2) is 0 Å². The Morgan fingerprint density at radius 1 is 1.37 bits per heavy atom. The molecule has 0 unspecified atom stereocenters. The molecule has 0 heterocycles. The molecular formula is C16H26O3. The van der Waals surface area contributed by atoms with Crippen LogP contribution in [0.1, 0.15) is 33.1 Å². The summed E-state index contributed by atoms with van der Waals surface area (Å²) in [5.74, 6) is 2.00. The minimum absolute atomic E-state index is 0.176. The molecule has 19 heavy (non-hydrogen) atoms. The van der Waals surface area contributed by atoms with Crippen molar-refractivity contribution in [1.29, 1.82) is 0 Å². The monoisotopic (exact) mass is 266 g/mol. The fourth-order valence-electron chi connectivity index (χ4n) is 3.84. The normalized spacial score (nSPS) is 41.8. The Balaban J connectivity index is 2.12. The highest BCUT2D eigenvalue weighted by molar-refractivity contribution is 5.61. The zero-order chi connectivity index (χ0) is 13.9. The number of hydrogen-bond donors (Lipinski definition) is 0. The van der Waals surface area contributed by atoms with Crippen LogP contribution in [0.4, 0.5) is 0 Å². The largest absolute Gasteiger partial charge is 0.359 e. The molecule has 3 heteroatoms. The molecule has 0 radical (unpaired) electrons. The van der Waals surface area contributed by atoms with Crippen LogP contribution in [0, 0.1) is 29.1 Å². The Morgan fingerprint density at radius 2 is 2.16 bits per heavy atom. The van der Waals surface area contributed by atoms with E-state index < -0.39 is 0 Å². The van der Waals surface area contributed by atoms with Gasteiger partial charge >= 0.3 is 0 Å². The van der Waals surface area contributed by atoms with Crippen molar-refractivity contribution in [2.45, 2.75) is 33.1 Å². The summed E-state index contributed by atoms with van der Waals surface area (Å²) < 4.78 is 10.4. The third kappa shape index (κ3) is 2.92. The van der Waals surface area contributed by atoms with Gasteiger partial charge in [0, 0.05) is 18.4 Å². The van der Waals surface area contributed by atoms with Gasteiger partial charge in [-0.1, -0.05) is 32.4 Å². The average molecular weight is 266 g/mol. The zero-order valence-electron chi connectivity index (χ0n) is 12.3. The van der Waals surface area contributed by atoms with E-state index in [1.165, 1.54) is 19.1 Å². The second-order valence-electron chi connectivity index (χ2n) is 6.44. The van der Waals surface area contributed by atoms with Crippen LogP contribution in [0.5, 0.6) is 0 Å². The van der Waals surface area contributed by atoms with E-state index in [0.29, 0.717) is 25.2 Å². The summed E-state index contributed by atoms with van der Waals surface area (Å²) in [6.07, 6.45) is 9.31. The highest BCUT2D eigenvalue weighted by Crippen LogP contribution is 2.50. The molecule has 2 aliphatic rings. The average Bonchev–Trinajstić information content (AvgIpc) is 2.41. The highest BCUT2D eigenvalue weighted by Gasteiger charge is 2.47. The van der Waals surface area contributed by atoms with Crippen LogP contribution in [0.25, 0.3) is 0 Å². The smallest absolute Gasteiger partial charge is 0.146 e. The van der Waals surface area contributed by atoms with Gasteiger partial charge in [0.05, 0.1) is 6.61 Å². The quantitative estimate of drug-likeness (QED) is 0.332. The number of carbonyl (C=O) groups is 1. The number of methoxy groups -OCH3 is 1. The minimum atomic E-state index is -0.284. The van der Waals surface area contributed by atoms with Crippen molar-refractivity contribution in [3.05, 3.63) is 12.2 Å². The molecule has 0 N–H and O–H groups in total. The van der Waals surface area contributed by atoms with Crippen LogP contribution < -0.4 is 0 Å². The minimum Gasteiger partial charge on any atom is -0.359 e. The third-order valence-electron chi connectivity index (χ3n) is 5.10. The molecule has 2 rings (SSSR count). The zero-order valence-corrected chi connectivity index (χ0v) is 12.3. The number of allylic oxidation sites excluding steroid dienone is 1. The molecule has 108 valence electrons. The van der Waals surface area contributed by atoms with E-state index in [0.717, 1.165) is 12.3 Å². The molecule has 1 fully saturated rings. The van der Waals surface area contributed by atoms with Gasteiger partial charge in [0.25, 0.3) is 0 Å². The second kappa shape index (κ2) is 6.19. The summed E-state index contributed by atoms with van der Waals surface area (Å²) >= 11 is 0. The van der Waals surface area contributed by atoms with Gasteiger partial charge in [-0.15, -0.1) is 0 Å². The second-order valence-corrected chi connectivity index (χ2v) is 6.44. The molecule has 0 aromatic carbocycles. The summed E-state index contributed by atoms with van der Waals surface area (Å²) in [7, 11) is 1.62. The van der Waals surface area contributed by atoms with Gasteiger partial charge in [-0.25, -0.2) is 0 Å². The number of fused-ring (bicyclic) bond motifs is 1. The van der Waals surface area contributed by atoms with Gasteiger partial charge in [0.2, 0.25) is 0 Å². The Morgan fingerprint density at radius 3 is 2.84 bits per heavy atom. The van der Waals surface area contributed by atoms with Crippen LogP contribution in [0.15, 0.2) is 12.2 Å². The van der Waals surface area contributed by atoms with E-state index in [1.807, 2.05) is 0 Å². The maximum atomic E-state index is 11.7. The van der Waals surface area contributed by atoms with E-state index in [1.54, 1.807) is 7.11 Å². The maximum absolute atomic E-state index is 11.7. The molecule has 0 saturated heterocycles. The van der Waals surface area contributed by atoms with E-state index in [2.05, 4.69) is 26.0 Å². The van der Waals surface area contributed by atoms with E-state index in [9.17, 15) is 4.79 Å². The van der Waals surface area contributed by atoms with Crippen molar-refractivity contribution >= 4 is 6.29 Å². The van der Waals surface area contributed by atoms with Crippen LogP contribution in [0.3, 0.4) is 0 Å². The fourth-order valence-corrected chi connectivity index (χ4v) is 3.84. The molecule has 5 atom stereocenters. The number of ether oxygens (including phenoxy) is 2. The summed E-state index contributed by atoms with van der Waals surface area (Å²) in [6.45, 7) is 5.29. The molecule has 0 aliphatic heterocycles. The molecular weight excluding hydrogens is 240 g/mol. The molecule has 0 aromatic heterocycles. The van der Waals surface area contributed by atoms with Gasteiger partial charge in [-0.05, 0) is 30.6 Å². The Hall–Kier alpha value is -0.670. The summed E-state index contributed by atoms with van der Waals surface area (Å²) in [5.41, 5.74) is -0.284. The number of aldehydes is 1. The fraction of sp³-hybridized carbons (Fsp3) is 0.812. The lowest BCUT2D eigenvalue weighted by molar-refractivity contribution is -0.128. The molecule has 0 aromatic rings. The topological polar surface area (TPSA) is 35.5 Å². The van der Waals surface area contributed by atoms with Crippen LogP contribution in [0.2, 0.25) is 0 Å². The predicted octanol–water partition coefficient (Wildman–Crippen LogP) is 3.05. The first-order valence-corrected chi connectivity index (χ1v) is 7.33. The lowest BCUT2D eigenvalue weighted by Gasteiger charge is -2.48. The SMILES string of the molecule is COCOC[C@H]1C=C[C@H]2C[C@H](C)CC[C@H]2[C@]1(C)C=O. The van der Waals surface area contributed by atoms with Crippen LogP contribution in [-0.2, 0) is 14.3 Å². The van der Waals surface area contributed by atoms with Crippen molar-refractivity contribution in [3.8, 4) is 0 Å². The van der Waals surface area contributed by atoms with E-state index >= 15 is 0 Å². The predicted molar refractivity (Wildman–Crippen MR) is 74.6 cm³/mol. The Bertz CT molecular complexity index is 339. The summed E-state index contributed by atoms with van der Waals surface area (Å²) in [4.78, 5) is 11.7. The van der Waals surface area contributed by atoms with Crippen molar-refractivity contribution in [3.63, 3.8) is 0 Å². The standard InChI is InChI=1S/C16H26O3/c1-12-4-7-15-13(8-12)5-6-14(9-19-11-18-3)16(15,2)10-17/h5-6,10,12-15H,4,7-9,11H2,1-3H3/t12-,13+,14-,15-,16-/m1/s1. The van der Waals surface area contributed by atoms with Gasteiger partial charge in [0.1, 0.15) is 13.1 Å². The van der Waals surface area contributed by atoms with Crippen molar-refractivity contribution in [2.24, 2.45) is 29.1 Å². The van der Waals surface area contributed by atoms with Gasteiger partial charge in [-0.2, -0.15) is 0 Å². The number of carbonyl (C=O) groups excluding carboxylic acids is 1. The van der Waals surface area contributed by atoms with Crippen molar-refractivity contribution in [2.75, 3.05) is 20.5 Å². The van der Waals surface area contributed by atoms with Crippen LogP contribution >= 0.6 is 0 Å². The molecule has 0 amide bonds. The first-order valence-electron chi connectivity index (χ1n) is 7.33. The Kier molecular flexibility index (Phi) is 4.80. The van der Waals surface area contributed by atoms with Gasteiger partial charge < -0.3 is 14.3 Å². The van der Waals surface area contributed by atoms with Crippen molar-refractivity contribution in [1.82, 2.24) is 0 Å². The van der Waals surface area contributed by atoms with Crippen molar-refractivity contribution < 1.29 is 14.3 Å². The lowest BCUT2D eigenvalue weighted by atomic mass is 9.56. The Labute approximate surface area is 116 Å². The number of rotatable bonds is 5. The first-order chi connectivity index (χ1) is 9.11.